The van der Waals surface area contributed by atoms with Crippen molar-refractivity contribution in [2.24, 2.45) is 0 Å². The molecule has 2 heterocycles. The second-order valence-electron chi connectivity index (χ2n) is 7.53. The fourth-order valence-corrected chi connectivity index (χ4v) is 3.91. The summed E-state index contributed by atoms with van der Waals surface area (Å²) in [5.41, 5.74) is 1.27. The summed E-state index contributed by atoms with van der Waals surface area (Å²) in [7, 11) is 1.59. The number of aromatic nitrogens is 1. The van der Waals surface area contributed by atoms with E-state index >= 15 is 0 Å². The quantitative estimate of drug-likeness (QED) is 0.453. The minimum atomic E-state index is -1.10. The van der Waals surface area contributed by atoms with Gasteiger partial charge < -0.3 is 23.9 Å². The van der Waals surface area contributed by atoms with E-state index in [0.717, 1.165) is 16.5 Å². The van der Waals surface area contributed by atoms with Crippen molar-refractivity contribution in [2.45, 2.75) is 26.3 Å². The van der Waals surface area contributed by atoms with Crippen LogP contribution in [0.3, 0.4) is 0 Å². The maximum atomic E-state index is 13.2. The lowest BCUT2D eigenvalue weighted by Gasteiger charge is -2.08. The first-order valence-corrected chi connectivity index (χ1v) is 9.96. The van der Waals surface area contributed by atoms with Crippen LogP contribution < -0.4 is 10.3 Å². The first-order chi connectivity index (χ1) is 15.3. The Balaban J connectivity index is 1.93. The van der Waals surface area contributed by atoms with E-state index < -0.39 is 23.9 Å². The second-order valence-corrected chi connectivity index (χ2v) is 7.53. The summed E-state index contributed by atoms with van der Waals surface area (Å²) in [6.07, 6.45) is -0.625. The number of hydrogen-bond donors (Lipinski definition) is 2. The number of methoxy groups -OCH3 is 1. The van der Waals surface area contributed by atoms with Crippen molar-refractivity contribution < 1.29 is 29.0 Å². The molecule has 0 bridgehead atoms. The van der Waals surface area contributed by atoms with E-state index in [2.05, 4.69) is 0 Å². The number of ether oxygens (including phenoxy) is 1. The molecule has 32 heavy (non-hydrogen) atoms. The average Bonchev–Trinajstić information content (AvgIpc) is 3.09. The van der Waals surface area contributed by atoms with Gasteiger partial charge in [-0.25, -0.2) is 0 Å². The molecule has 0 amide bonds. The highest BCUT2D eigenvalue weighted by Gasteiger charge is 2.23. The van der Waals surface area contributed by atoms with Crippen LogP contribution >= 0.6 is 0 Å². The molecular formula is C24H21NO7. The summed E-state index contributed by atoms with van der Waals surface area (Å²) in [4.78, 5) is 35.8. The Kier molecular flexibility index (Phi) is 5.44. The molecule has 0 aliphatic carbocycles. The van der Waals surface area contributed by atoms with Gasteiger partial charge in [0.25, 0.3) is 5.56 Å². The third kappa shape index (κ3) is 3.82. The minimum absolute atomic E-state index is 0.0131. The number of carboxylic acids is 2. The van der Waals surface area contributed by atoms with E-state index in [0.29, 0.717) is 17.0 Å². The maximum Gasteiger partial charge on any atom is 0.307 e. The van der Waals surface area contributed by atoms with Crippen molar-refractivity contribution >= 4 is 33.7 Å². The zero-order valence-corrected chi connectivity index (χ0v) is 17.5. The summed E-state index contributed by atoms with van der Waals surface area (Å²) >= 11 is 0. The molecule has 0 spiro atoms. The van der Waals surface area contributed by atoms with E-state index in [9.17, 15) is 19.5 Å². The van der Waals surface area contributed by atoms with Crippen LogP contribution in [0.2, 0.25) is 0 Å². The van der Waals surface area contributed by atoms with Crippen LogP contribution in [0, 0.1) is 6.92 Å². The van der Waals surface area contributed by atoms with Gasteiger partial charge in [-0.1, -0.05) is 18.2 Å². The number of carbonyl (C=O) groups is 2. The number of nitrogens with zero attached hydrogens (tertiary/aromatic N) is 1. The lowest BCUT2D eigenvalue weighted by atomic mass is 10.0. The molecule has 8 heteroatoms. The Labute approximate surface area is 182 Å². The first-order valence-electron chi connectivity index (χ1n) is 9.96. The van der Waals surface area contributed by atoms with Crippen molar-refractivity contribution in [2.75, 3.05) is 7.11 Å². The predicted molar refractivity (Wildman–Crippen MR) is 118 cm³/mol. The van der Waals surface area contributed by atoms with Gasteiger partial charge in [-0.3, -0.25) is 14.4 Å². The number of carboxylic acid groups (broad SMARTS) is 2. The van der Waals surface area contributed by atoms with E-state index in [1.165, 1.54) is 4.57 Å². The Morgan fingerprint density at radius 2 is 1.75 bits per heavy atom. The first kappa shape index (κ1) is 21.2. The van der Waals surface area contributed by atoms with Crippen molar-refractivity contribution in [3.05, 3.63) is 64.1 Å². The zero-order valence-electron chi connectivity index (χ0n) is 17.5. The van der Waals surface area contributed by atoms with Crippen molar-refractivity contribution in [1.29, 1.82) is 0 Å². The van der Waals surface area contributed by atoms with Gasteiger partial charge in [-0.05, 0) is 35.9 Å². The molecule has 4 aromatic rings. The molecule has 0 aliphatic rings. The van der Waals surface area contributed by atoms with Crippen LogP contribution in [0.1, 0.15) is 17.7 Å². The van der Waals surface area contributed by atoms with Crippen molar-refractivity contribution in [3.8, 4) is 17.1 Å². The topological polar surface area (TPSA) is 119 Å². The summed E-state index contributed by atoms with van der Waals surface area (Å²) in [6, 6.07) is 12.8. The van der Waals surface area contributed by atoms with Gasteiger partial charge >= 0.3 is 11.9 Å². The lowest BCUT2D eigenvalue weighted by molar-refractivity contribution is -0.137. The van der Waals surface area contributed by atoms with E-state index in [1.807, 2.05) is 30.3 Å². The highest BCUT2D eigenvalue weighted by atomic mass is 16.5. The lowest BCUT2D eigenvalue weighted by Crippen LogP contribution is -2.24. The molecular weight excluding hydrogens is 414 g/mol. The van der Waals surface area contributed by atoms with Crippen molar-refractivity contribution in [3.63, 3.8) is 0 Å². The van der Waals surface area contributed by atoms with Crippen LogP contribution in [0.5, 0.6) is 5.75 Å². The zero-order chi connectivity index (χ0) is 23.0. The van der Waals surface area contributed by atoms with Crippen LogP contribution in [0.4, 0.5) is 0 Å². The van der Waals surface area contributed by atoms with Crippen LogP contribution in [-0.2, 0) is 22.6 Å². The summed E-state index contributed by atoms with van der Waals surface area (Å²) < 4.78 is 12.6. The molecule has 8 nitrogen and oxygen atoms in total. The molecule has 0 unspecified atom stereocenters. The minimum Gasteiger partial charge on any atom is -0.497 e. The molecule has 0 saturated carbocycles. The standard InChI is InChI=1S/C24H21NO7/c1-13-9-19-22(24(30)25(13)8-7-20(26)27)18(12-21(28)29)23(32-19)16-4-3-15-11-17(31-2)6-5-14(15)10-16/h3-6,9-11H,7-8,12H2,1-2H3,(H,26,27)(H,28,29). The number of furan rings is 1. The van der Waals surface area contributed by atoms with Gasteiger partial charge in [0.05, 0.1) is 25.3 Å². The highest BCUT2D eigenvalue weighted by Crippen LogP contribution is 2.35. The largest absolute Gasteiger partial charge is 0.497 e. The monoisotopic (exact) mass is 435 g/mol. The normalized spacial score (nSPS) is 11.2. The highest BCUT2D eigenvalue weighted by molar-refractivity contribution is 5.94. The van der Waals surface area contributed by atoms with E-state index in [1.54, 1.807) is 26.2 Å². The molecule has 2 aromatic heterocycles. The van der Waals surface area contributed by atoms with Gasteiger partial charge in [0, 0.05) is 29.4 Å². The molecule has 0 fully saturated rings. The second kappa shape index (κ2) is 8.22. The van der Waals surface area contributed by atoms with Crippen LogP contribution in [0.25, 0.3) is 33.1 Å². The number of hydrogen-bond acceptors (Lipinski definition) is 5. The fourth-order valence-electron chi connectivity index (χ4n) is 3.91. The van der Waals surface area contributed by atoms with Crippen molar-refractivity contribution in [1.82, 2.24) is 4.57 Å². The van der Waals surface area contributed by atoms with Crippen LogP contribution in [0.15, 0.2) is 51.7 Å². The molecule has 2 N–H and O–H groups in total. The summed E-state index contributed by atoms with van der Waals surface area (Å²) in [6.45, 7) is 1.67. The molecule has 0 atom stereocenters. The Hall–Kier alpha value is -4.07. The number of aryl methyl sites for hydroxylation is 1. The van der Waals surface area contributed by atoms with Gasteiger partial charge in [-0.2, -0.15) is 0 Å². The summed E-state index contributed by atoms with van der Waals surface area (Å²) in [5.74, 6) is -1.09. The van der Waals surface area contributed by atoms with Gasteiger partial charge in [0.1, 0.15) is 17.1 Å². The molecule has 0 saturated heterocycles. The maximum absolute atomic E-state index is 13.2. The Morgan fingerprint density at radius 1 is 1.03 bits per heavy atom. The smallest absolute Gasteiger partial charge is 0.307 e. The molecule has 164 valence electrons. The predicted octanol–water partition coefficient (Wildman–Crippen LogP) is 3.83. The fraction of sp³-hybridized carbons (Fsp3) is 0.208. The number of rotatable bonds is 7. The van der Waals surface area contributed by atoms with E-state index in [-0.39, 0.29) is 29.5 Å². The number of fused-ring (bicyclic) bond motifs is 2. The molecule has 4 rings (SSSR count). The number of pyridine rings is 1. The van der Waals surface area contributed by atoms with Gasteiger partial charge in [0.15, 0.2) is 0 Å². The molecule has 0 aliphatic heterocycles. The molecule has 2 aromatic carbocycles. The van der Waals surface area contributed by atoms with Gasteiger partial charge in [0.2, 0.25) is 0 Å². The third-order valence-corrected chi connectivity index (χ3v) is 5.45. The Bertz CT molecular complexity index is 1430. The SMILES string of the molecule is COc1ccc2cc(-c3oc4cc(C)n(CCC(=O)O)c(=O)c4c3CC(=O)O)ccc2c1. The van der Waals surface area contributed by atoms with Gasteiger partial charge in [-0.15, -0.1) is 0 Å². The number of aliphatic carboxylic acids is 2. The van der Waals surface area contributed by atoms with Crippen LogP contribution in [-0.4, -0.2) is 33.8 Å². The molecule has 0 radical (unpaired) electrons. The van der Waals surface area contributed by atoms with E-state index in [4.69, 9.17) is 14.3 Å². The Morgan fingerprint density at radius 3 is 2.44 bits per heavy atom. The average molecular weight is 435 g/mol. The summed E-state index contributed by atoms with van der Waals surface area (Å²) in [5, 5.41) is 20.5. The number of benzene rings is 2. The third-order valence-electron chi connectivity index (χ3n) is 5.45.